The Bertz CT molecular complexity index is 951. The van der Waals surface area contributed by atoms with Gasteiger partial charge in [-0.15, -0.1) is 0 Å². The van der Waals surface area contributed by atoms with E-state index in [1.165, 1.54) is 6.92 Å². The van der Waals surface area contributed by atoms with Crippen molar-refractivity contribution in [3.05, 3.63) is 63.6 Å². The Labute approximate surface area is 185 Å². The van der Waals surface area contributed by atoms with Gasteiger partial charge in [0.1, 0.15) is 5.75 Å². The summed E-state index contributed by atoms with van der Waals surface area (Å²) in [6, 6.07) is 11.5. The Hall–Kier alpha value is -2.57. The molecular weight excluding hydrogens is 427 g/mol. The lowest BCUT2D eigenvalue weighted by atomic mass is 10.1. The Balaban J connectivity index is 1.57. The number of hydrogen-bond acceptors (Lipinski definition) is 4. The molecular formula is C22H22Cl2N2O4. The fourth-order valence-electron chi connectivity index (χ4n) is 3.29. The molecule has 6 nitrogen and oxygen atoms in total. The molecule has 30 heavy (non-hydrogen) atoms. The van der Waals surface area contributed by atoms with Gasteiger partial charge in [-0.1, -0.05) is 35.3 Å². The molecule has 1 saturated heterocycles. The summed E-state index contributed by atoms with van der Waals surface area (Å²) >= 11 is 12.0. The monoisotopic (exact) mass is 448 g/mol. The summed E-state index contributed by atoms with van der Waals surface area (Å²) in [5, 5.41) is 0.805. The van der Waals surface area contributed by atoms with Gasteiger partial charge in [0.15, 0.2) is 11.9 Å². The standard InChI is InChI=1S/C22H22Cl2N2O4/c1-14(27)16-4-3-5-20(12-16)30-15(2)21(28)25-6-8-26(9-7-25)22(29)17-10-18(23)13-19(24)11-17/h3-5,10-13,15H,6-9H2,1-2H3. The maximum absolute atomic E-state index is 12.8. The second-order valence-electron chi connectivity index (χ2n) is 7.12. The van der Waals surface area contributed by atoms with Crippen LogP contribution in [0.15, 0.2) is 42.5 Å². The summed E-state index contributed by atoms with van der Waals surface area (Å²) in [6.45, 7) is 4.77. The number of nitrogens with zero attached hydrogens (tertiary/aromatic N) is 2. The summed E-state index contributed by atoms with van der Waals surface area (Å²) in [4.78, 5) is 40.3. The first-order valence-corrected chi connectivity index (χ1v) is 10.3. The molecule has 158 valence electrons. The fraction of sp³-hybridized carbons (Fsp3) is 0.318. The highest BCUT2D eigenvalue weighted by Gasteiger charge is 2.28. The van der Waals surface area contributed by atoms with Crippen LogP contribution in [-0.2, 0) is 4.79 Å². The summed E-state index contributed by atoms with van der Waals surface area (Å²) in [6.07, 6.45) is -0.707. The van der Waals surface area contributed by atoms with Gasteiger partial charge in [0.25, 0.3) is 11.8 Å². The van der Waals surface area contributed by atoms with Crippen LogP contribution in [0.5, 0.6) is 5.75 Å². The molecule has 0 N–H and O–H groups in total. The average Bonchev–Trinajstić information content (AvgIpc) is 2.72. The molecule has 0 spiro atoms. The van der Waals surface area contributed by atoms with Crippen molar-refractivity contribution >= 4 is 40.8 Å². The first-order valence-electron chi connectivity index (χ1n) is 9.56. The highest BCUT2D eigenvalue weighted by molar-refractivity contribution is 6.35. The number of benzene rings is 2. The van der Waals surface area contributed by atoms with Gasteiger partial charge in [0.05, 0.1) is 0 Å². The number of Topliss-reactive ketones (excluding diaryl/α,β-unsaturated/α-hetero) is 1. The maximum Gasteiger partial charge on any atom is 0.263 e. The Morgan fingerprint density at radius 1 is 0.900 bits per heavy atom. The first kappa shape index (κ1) is 22.1. The van der Waals surface area contributed by atoms with E-state index < -0.39 is 6.10 Å². The summed E-state index contributed by atoms with van der Waals surface area (Å²) in [7, 11) is 0. The van der Waals surface area contributed by atoms with Crippen molar-refractivity contribution in [1.29, 1.82) is 0 Å². The van der Waals surface area contributed by atoms with Gasteiger partial charge in [0, 0.05) is 47.4 Å². The second kappa shape index (κ2) is 9.49. The zero-order valence-electron chi connectivity index (χ0n) is 16.7. The van der Waals surface area contributed by atoms with E-state index in [1.54, 1.807) is 59.2 Å². The molecule has 1 aliphatic heterocycles. The van der Waals surface area contributed by atoms with Crippen molar-refractivity contribution < 1.29 is 19.1 Å². The van der Waals surface area contributed by atoms with Crippen LogP contribution in [0.2, 0.25) is 10.0 Å². The van der Waals surface area contributed by atoms with Crippen LogP contribution in [0.1, 0.15) is 34.6 Å². The number of hydrogen-bond donors (Lipinski definition) is 0. The third-order valence-corrected chi connectivity index (χ3v) is 5.33. The lowest BCUT2D eigenvalue weighted by Gasteiger charge is -2.36. The molecule has 0 bridgehead atoms. The van der Waals surface area contributed by atoms with Crippen molar-refractivity contribution in [3.8, 4) is 5.75 Å². The van der Waals surface area contributed by atoms with Crippen LogP contribution >= 0.6 is 23.2 Å². The summed E-state index contributed by atoms with van der Waals surface area (Å²) in [5.74, 6) is 0.0642. The van der Waals surface area contributed by atoms with E-state index in [4.69, 9.17) is 27.9 Å². The van der Waals surface area contributed by atoms with Gasteiger partial charge in [-0.25, -0.2) is 0 Å². The number of ketones is 1. The van der Waals surface area contributed by atoms with Crippen molar-refractivity contribution in [3.63, 3.8) is 0 Å². The minimum atomic E-state index is -0.707. The molecule has 0 aromatic heterocycles. The van der Waals surface area contributed by atoms with Crippen molar-refractivity contribution in [2.45, 2.75) is 20.0 Å². The van der Waals surface area contributed by atoms with Crippen molar-refractivity contribution in [2.24, 2.45) is 0 Å². The summed E-state index contributed by atoms with van der Waals surface area (Å²) < 4.78 is 5.74. The van der Waals surface area contributed by atoms with Crippen molar-refractivity contribution in [1.82, 2.24) is 9.80 Å². The minimum absolute atomic E-state index is 0.0683. The number of halogens is 2. The van der Waals surface area contributed by atoms with Crippen LogP contribution in [0.3, 0.4) is 0 Å². The number of rotatable bonds is 5. The highest BCUT2D eigenvalue weighted by Crippen LogP contribution is 2.21. The molecule has 1 fully saturated rings. The maximum atomic E-state index is 12.8. The number of ether oxygens (including phenoxy) is 1. The molecule has 2 aromatic carbocycles. The molecule has 0 radical (unpaired) electrons. The van der Waals surface area contributed by atoms with Crippen LogP contribution in [-0.4, -0.2) is 59.7 Å². The molecule has 8 heteroatoms. The van der Waals surface area contributed by atoms with Crippen LogP contribution in [0.25, 0.3) is 0 Å². The van der Waals surface area contributed by atoms with E-state index in [0.717, 1.165) is 0 Å². The second-order valence-corrected chi connectivity index (χ2v) is 7.99. The molecule has 1 atom stereocenters. The number of piperazine rings is 1. The molecule has 0 aliphatic carbocycles. The van der Waals surface area contributed by atoms with Crippen LogP contribution in [0.4, 0.5) is 0 Å². The number of carbonyl (C=O) groups is 3. The largest absolute Gasteiger partial charge is 0.481 e. The van der Waals surface area contributed by atoms with Gasteiger partial charge in [0.2, 0.25) is 0 Å². The number of carbonyl (C=O) groups excluding carboxylic acids is 3. The van der Waals surface area contributed by atoms with E-state index in [9.17, 15) is 14.4 Å². The molecule has 3 rings (SSSR count). The lowest BCUT2D eigenvalue weighted by Crippen LogP contribution is -2.53. The Kier molecular flexibility index (Phi) is 7.00. The van der Waals surface area contributed by atoms with Crippen LogP contribution in [0, 0.1) is 0 Å². The smallest absolute Gasteiger partial charge is 0.263 e. The zero-order chi connectivity index (χ0) is 21.8. The Morgan fingerprint density at radius 3 is 2.10 bits per heavy atom. The molecule has 2 amide bonds. The van der Waals surface area contributed by atoms with E-state index in [2.05, 4.69) is 0 Å². The van der Waals surface area contributed by atoms with Crippen molar-refractivity contribution in [2.75, 3.05) is 26.2 Å². The van der Waals surface area contributed by atoms with E-state index in [1.807, 2.05) is 0 Å². The normalized spacial score (nSPS) is 14.9. The third kappa shape index (κ3) is 5.32. The molecule has 2 aromatic rings. The predicted octanol–water partition coefficient (Wildman–Crippen LogP) is 3.95. The van der Waals surface area contributed by atoms with Gasteiger partial charge in [-0.2, -0.15) is 0 Å². The van der Waals surface area contributed by atoms with E-state index in [0.29, 0.717) is 53.1 Å². The van der Waals surface area contributed by atoms with Gasteiger partial charge >= 0.3 is 0 Å². The topological polar surface area (TPSA) is 66.9 Å². The van der Waals surface area contributed by atoms with E-state index in [-0.39, 0.29) is 17.6 Å². The van der Waals surface area contributed by atoms with Gasteiger partial charge < -0.3 is 14.5 Å². The minimum Gasteiger partial charge on any atom is -0.481 e. The zero-order valence-corrected chi connectivity index (χ0v) is 18.2. The molecule has 1 heterocycles. The predicted molar refractivity (Wildman–Crippen MR) is 115 cm³/mol. The summed E-state index contributed by atoms with van der Waals surface area (Å²) in [5.41, 5.74) is 0.953. The quantitative estimate of drug-likeness (QED) is 0.649. The molecule has 1 unspecified atom stereocenters. The molecule has 1 aliphatic rings. The van der Waals surface area contributed by atoms with Gasteiger partial charge in [-0.3, -0.25) is 14.4 Å². The SMILES string of the molecule is CC(=O)c1cccc(OC(C)C(=O)N2CCN(C(=O)c3cc(Cl)cc(Cl)c3)CC2)c1. The lowest BCUT2D eigenvalue weighted by molar-refractivity contribution is -0.139. The van der Waals surface area contributed by atoms with Crippen LogP contribution < -0.4 is 4.74 Å². The average molecular weight is 449 g/mol. The van der Waals surface area contributed by atoms with Gasteiger partial charge in [-0.05, 0) is 44.2 Å². The third-order valence-electron chi connectivity index (χ3n) is 4.89. The highest BCUT2D eigenvalue weighted by atomic mass is 35.5. The fourth-order valence-corrected chi connectivity index (χ4v) is 3.82. The Morgan fingerprint density at radius 2 is 1.50 bits per heavy atom. The first-order chi connectivity index (χ1) is 14.2. The number of amides is 2. The van der Waals surface area contributed by atoms with E-state index >= 15 is 0 Å². The molecule has 0 saturated carbocycles.